The molecule has 0 bridgehead atoms. The zero-order valence-corrected chi connectivity index (χ0v) is 7.22. The van der Waals surface area contributed by atoms with E-state index in [4.69, 9.17) is 5.26 Å². The summed E-state index contributed by atoms with van der Waals surface area (Å²) in [5.41, 5.74) is 1.84. The fraction of sp³-hybridized carbons (Fsp3) is 0.125. The van der Waals surface area contributed by atoms with Crippen LogP contribution in [0.25, 0.3) is 0 Å². The van der Waals surface area contributed by atoms with Crippen LogP contribution in [0.4, 0.5) is 5.69 Å². The predicted octanol–water partition coefficient (Wildman–Crippen LogP) is 2.00. The van der Waals surface area contributed by atoms with Crippen LogP contribution in [0.3, 0.4) is 0 Å². The Labute approximate surface area is 75.4 Å². The molecule has 0 atom stereocenters. The van der Waals surface area contributed by atoms with Crippen LogP contribution in [0.15, 0.2) is 17.3 Å². The Balaban J connectivity index is 3.20. The number of aryl methyl sites for hydroxylation is 1. The van der Waals surface area contributed by atoms with Gasteiger partial charge in [0.1, 0.15) is 11.8 Å². The molecule has 58 valence electrons. The van der Waals surface area contributed by atoms with E-state index >= 15 is 0 Å². The number of pyridine rings is 1. The molecular weight excluding hydrogens is 170 g/mol. The van der Waals surface area contributed by atoms with E-state index in [9.17, 15) is 0 Å². The van der Waals surface area contributed by atoms with Crippen LogP contribution < -0.4 is 0 Å². The molecule has 0 aliphatic rings. The molecule has 0 saturated heterocycles. The molecule has 0 radical (unpaired) electrons. The molecule has 0 aromatic carbocycles. The lowest BCUT2D eigenvalue weighted by Crippen LogP contribution is -1.85. The second kappa shape index (κ2) is 3.72. The van der Waals surface area contributed by atoms with E-state index in [2.05, 4.69) is 27.4 Å². The fourth-order valence-corrected chi connectivity index (χ4v) is 0.896. The summed E-state index contributed by atoms with van der Waals surface area (Å²) in [6.45, 7) is 1.80. The second-order valence-electron chi connectivity index (χ2n) is 2.17. The van der Waals surface area contributed by atoms with Gasteiger partial charge >= 0.3 is 0 Å². The monoisotopic (exact) mass is 175 g/mol. The number of aliphatic imine (C=N–C) groups is 1. The van der Waals surface area contributed by atoms with E-state index in [0.717, 1.165) is 5.56 Å². The van der Waals surface area contributed by atoms with E-state index in [1.807, 2.05) is 6.07 Å². The Morgan fingerprint density at radius 3 is 2.92 bits per heavy atom. The van der Waals surface area contributed by atoms with Crippen molar-refractivity contribution in [1.29, 1.82) is 5.26 Å². The van der Waals surface area contributed by atoms with E-state index in [-0.39, 0.29) is 0 Å². The summed E-state index contributed by atoms with van der Waals surface area (Å²) in [4.78, 5) is 7.61. The quantitative estimate of drug-likeness (QED) is 0.484. The molecule has 12 heavy (non-hydrogen) atoms. The molecule has 4 heteroatoms. The number of nitriles is 1. The van der Waals surface area contributed by atoms with Gasteiger partial charge in [0.2, 0.25) is 0 Å². The average molecular weight is 175 g/mol. The maximum absolute atomic E-state index is 8.56. The molecule has 1 aromatic rings. The highest BCUT2D eigenvalue weighted by Crippen LogP contribution is 2.13. The van der Waals surface area contributed by atoms with Gasteiger partial charge in [-0.25, -0.2) is 4.98 Å². The molecule has 0 fully saturated rings. The van der Waals surface area contributed by atoms with Crippen molar-refractivity contribution in [3.63, 3.8) is 0 Å². The van der Waals surface area contributed by atoms with Gasteiger partial charge in [0, 0.05) is 0 Å². The third kappa shape index (κ3) is 1.73. The predicted molar refractivity (Wildman–Crippen MR) is 48.4 cm³/mol. The summed E-state index contributed by atoms with van der Waals surface area (Å²) in [6.07, 6.45) is 1.49. The van der Waals surface area contributed by atoms with Gasteiger partial charge < -0.3 is 0 Å². The number of aromatic nitrogens is 1. The molecule has 0 aliphatic heterocycles. The van der Waals surface area contributed by atoms with Crippen LogP contribution in [0, 0.1) is 18.3 Å². The van der Waals surface area contributed by atoms with Crippen molar-refractivity contribution < 1.29 is 0 Å². The molecule has 0 aliphatic carbocycles. The van der Waals surface area contributed by atoms with Crippen LogP contribution in [-0.4, -0.2) is 10.1 Å². The van der Waals surface area contributed by atoms with Crippen molar-refractivity contribution in [1.82, 2.24) is 4.98 Å². The van der Waals surface area contributed by atoms with E-state index in [1.165, 1.54) is 6.20 Å². The number of nitrogens with zero attached hydrogens (tertiary/aromatic N) is 3. The largest absolute Gasteiger partial charge is 0.243 e. The lowest BCUT2D eigenvalue weighted by Gasteiger charge is -1.95. The summed E-state index contributed by atoms with van der Waals surface area (Å²) in [7, 11) is 0. The van der Waals surface area contributed by atoms with Gasteiger partial charge in [0.15, 0.2) is 0 Å². The molecule has 0 N–H and O–H groups in total. The third-order valence-electron chi connectivity index (χ3n) is 1.34. The van der Waals surface area contributed by atoms with Gasteiger partial charge in [-0.3, -0.25) is 0 Å². The molecule has 1 rings (SSSR count). The van der Waals surface area contributed by atoms with Gasteiger partial charge in [0.05, 0.1) is 17.0 Å². The lowest BCUT2D eigenvalue weighted by molar-refractivity contribution is 1.20. The summed E-state index contributed by atoms with van der Waals surface area (Å²) >= 11 is 4.43. The first-order valence-electron chi connectivity index (χ1n) is 3.22. The summed E-state index contributed by atoms with van der Waals surface area (Å²) in [5.74, 6) is 0. The highest BCUT2D eigenvalue weighted by Gasteiger charge is 1.98. The van der Waals surface area contributed by atoms with Crippen molar-refractivity contribution in [3.8, 4) is 6.07 Å². The van der Waals surface area contributed by atoms with Crippen LogP contribution in [-0.2, 0) is 0 Å². The minimum Gasteiger partial charge on any atom is -0.243 e. The smallest absolute Gasteiger partial charge is 0.143 e. The third-order valence-corrected chi connectivity index (χ3v) is 1.44. The Morgan fingerprint density at radius 1 is 1.67 bits per heavy atom. The zero-order chi connectivity index (χ0) is 8.97. The first kappa shape index (κ1) is 8.54. The summed E-state index contributed by atoms with van der Waals surface area (Å²) < 4.78 is 0. The molecule has 0 unspecified atom stereocenters. The molecule has 3 nitrogen and oxygen atoms in total. The van der Waals surface area contributed by atoms with Crippen LogP contribution in [0.2, 0.25) is 0 Å². The van der Waals surface area contributed by atoms with Gasteiger partial charge in [0.25, 0.3) is 0 Å². The lowest BCUT2D eigenvalue weighted by atomic mass is 10.2. The van der Waals surface area contributed by atoms with Gasteiger partial charge in [-0.1, -0.05) is 0 Å². The Hall–Kier alpha value is -1.56. The van der Waals surface area contributed by atoms with Crippen molar-refractivity contribution >= 4 is 23.1 Å². The fourth-order valence-electron chi connectivity index (χ4n) is 0.791. The topological polar surface area (TPSA) is 49.0 Å². The maximum Gasteiger partial charge on any atom is 0.143 e. The van der Waals surface area contributed by atoms with Crippen molar-refractivity contribution in [2.75, 3.05) is 0 Å². The van der Waals surface area contributed by atoms with Crippen LogP contribution in [0.5, 0.6) is 0 Å². The van der Waals surface area contributed by atoms with E-state index < -0.39 is 0 Å². The van der Waals surface area contributed by atoms with E-state index in [1.54, 1.807) is 13.0 Å². The first-order valence-corrected chi connectivity index (χ1v) is 3.63. The minimum absolute atomic E-state index is 0.415. The second-order valence-corrected chi connectivity index (χ2v) is 2.36. The van der Waals surface area contributed by atoms with Crippen molar-refractivity contribution in [3.05, 3.63) is 23.5 Å². The molecule has 0 spiro atoms. The first-order chi connectivity index (χ1) is 5.77. The van der Waals surface area contributed by atoms with Gasteiger partial charge in [-0.2, -0.15) is 10.3 Å². The van der Waals surface area contributed by atoms with Crippen molar-refractivity contribution in [2.45, 2.75) is 6.92 Å². The minimum atomic E-state index is 0.415. The molecule has 0 amide bonds. The number of hydrogen-bond acceptors (Lipinski definition) is 4. The highest BCUT2D eigenvalue weighted by atomic mass is 32.1. The zero-order valence-electron chi connectivity index (χ0n) is 6.40. The number of isothiocyanates is 1. The molecule has 1 aromatic heterocycles. The standard InChI is InChI=1S/C8H5N3S/c1-6-2-7(11-5-12)4-10-8(6)3-9/h2,4H,1H3. The molecule has 0 saturated carbocycles. The van der Waals surface area contributed by atoms with Crippen LogP contribution >= 0.6 is 12.2 Å². The Kier molecular flexibility index (Phi) is 2.65. The van der Waals surface area contributed by atoms with Crippen LogP contribution in [0.1, 0.15) is 11.3 Å². The number of rotatable bonds is 1. The highest BCUT2D eigenvalue weighted by molar-refractivity contribution is 7.78. The maximum atomic E-state index is 8.56. The van der Waals surface area contributed by atoms with Gasteiger partial charge in [-0.05, 0) is 30.8 Å². The van der Waals surface area contributed by atoms with Gasteiger partial charge in [-0.15, -0.1) is 0 Å². The van der Waals surface area contributed by atoms with Crippen molar-refractivity contribution in [2.24, 2.45) is 4.99 Å². The summed E-state index contributed by atoms with van der Waals surface area (Å²) in [6, 6.07) is 3.71. The summed E-state index contributed by atoms with van der Waals surface area (Å²) in [5, 5.41) is 10.8. The normalized spacial score (nSPS) is 8.33. The Morgan fingerprint density at radius 2 is 2.42 bits per heavy atom. The molecule has 1 heterocycles. The number of hydrogen-bond donors (Lipinski definition) is 0. The van der Waals surface area contributed by atoms with E-state index in [0.29, 0.717) is 11.4 Å². The number of thiocarbonyl (C=S) groups is 1. The average Bonchev–Trinajstić information content (AvgIpc) is 2.05. The Bertz CT molecular complexity index is 386. The SMILES string of the molecule is Cc1cc(N=C=S)cnc1C#N. The molecular formula is C8H5N3S.